The molecule has 0 spiro atoms. The standard InChI is InChI=1S/C11H16N2O4/c14-9(7-10(15)16)12-3-5-13(6-4-12)11(17)8-1-2-8/h8H,1-7H2,(H,15,16). The van der Waals surface area contributed by atoms with E-state index in [2.05, 4.69) is 0 Å². The van der Waals surface area contributed by atoms with Crippen molar-refractivity contribution in [2.45, 2.75) is 19.3 Å². The second kappa shape index (κ2) is 4.73. The van der Waals surface area contributed by atoms with Crippen molar-refractivity contribution in [2.75, 3.05) is 26.2 Å². The van der Waals surface area contributed by atoms with Gasteiger partial charge in [-0.3, -0.25) is 14.4 Å². The number of carboxylic acids is 1. The lowest BCUT2D eigenvalue weighted by molar-refractivity contribution is -0.147. The Labute approximate surface area is 99.2 Å². The Balaban J connectivity index is 1.79. The smallest absolute Gasteiger partial charge is 0.312 e. The van der Waals surface area contributed by atoms with E-state index in [4.69, 9.17) is 5.11 Å². The second-order valence-corrected chi connectivity index (χ2v) is 4.55. The predicted molar refractivity (Wildman–Crippen MR) is 58.1 cm³/mol. The first-order chi connectivity index (χ1) is 8.08. The minimum atomic E-state index is -1.11. The molecule has 2 rings (SSSR count). The topological polar surface area (TPSA) is 77.9 Å². The number of amides is 2. The van der Waals surface area contributed by atoms with E-state index in [1.165, 1.54) is 4.90 Å². The van der Waals surface area contributed by atoms with E-state index in [0.29, 0.717) is 26.2 Å². The van der Waals surface area contributed by atoms with Crippen molar-refractivity contribution in [3.05, 3.63) is 0 Å². The summed E-state index contributed by atoms with van der Waals surface area (Å²) in [5, 5.41) is 8.52. The van der Waals surface area contributed by atoms with Crippen LogP contribution in [0.25, 0.3) is 0 Å². The number of aliphatic carboxylic acids is 1. The lowest BCUT2D eigenvalue weighted by Crippen LogP contribution is -2.51. The van der Waals surface area contributed by atoms with Crippen LogP contribution in [0, 0.1) is 5.92 Å². The average molecular weight is 240 g/mol. The van der Waals surface area contributed by atoms with Crippen molar-refractivity contribution < 1.29 is 19.5 Å². The molecule has 1 saturated heterocycles. The first kappa shape index (κ1) is 11.9. The first-order valence-corrected chi connectivity index (χ1v) is 5.86. The van der Waals surface area contributed by atoms with E-state index in [0.717, 1.165) is 12.8 Å². The molecule has 1 saturated carbocycles. The fourth-order valence-electron chi connectivity index (χ4n) is 2.01. The van der Waals surface area contributed by atoms with Gasteiger partial charge in [-0.2, -0.15) is 0 Å². The Hall–Kier alpha value is -1.59. The van der Waals surface area contributed by atoms with Crippen LogP contribution in [0.4, 0.5) is 0 Å². The minimum Gasteiger partial charge on any atom is -0.481 e. The highest BCUT2D eigenvalue weighted by atomic mass is 16.4. The summed E-state index contributed by atoms with van der Waals surface area (Å²) in [5.74, 6) is -1.07. The molecule has 0 aromatic rings. The molecule has 6 heteroatoms. The van der Waals surface area contributed by atoms with E-state index < -0.39 is 12.4 Å². The number of carboxylic acid groups (broad SMARTS) is 1. The van der Waals surface area contributed by atoms with E-state index in [-0.39, 0.29) is 17.7 Å². The Bertz CT molecular complexity index is 343. The van der Waals surface area contributed by atoms with Crippen LogP contribution >= 0.6 is 0 Å². The lowest BCUT2D eigenvalue weighted by Gasteiger charge is -2.34. The number of hydrogen-bond donors (Lipinski definition) is 1. The maximum absolute atomic E-state index is 11.7. The van der Waals surface area contributed by atoms with Crippen LogP contribution in [0.2, 0.25) is 0 Å². The Morgan fingerprint density at radius 2 is 1.53 bits per heavy atom. The van der Waals surface area contributed by atoms with Crippen LogP contribution < -0.4 is 0 Å². The molecule has 0 unspecified atom stereocenters. The van der Waals surface area contributed by atoms with Crippen LogP contribution in [0.5, 0.6) is 0 Å². The third-order valence-corrected chi connectivity index (χ3v) is 3.17. The third kappa shape index (κ3) is 2.95. The minimum absolute atomic E-state index is 0.190. The summed E-state index contributed by atoms with van der Waals surface area (Å²) in [7, 11) is 0. The van der Waals surface area contributed by atoms with Crippen molar-refractivity contribution >= 4 is 17.8 Å². The molecule has 0 aromatic heterocycles. The molecule has 2 fully saturated rings. The second-order valence-electron chi connectivity index (χ2n) is 4.55. The molecule has 0 bridgehead atoms. The van der Waals surface area contributed by atoms with E-state index in [1.54, 1.807) is 4.90 Å². The van der Waals surface area contributed by atoms with Crippen LogP contribution in [0.3, 0.4) is 0 Å². The Morgan fingerprint density at radius 1 is 1.00 bits per heavy atom. The van der Waals surface area contributed by atoms with Crippen molar-refractivity contribution in [3.8, 4) is 0 Å². The van der Waals surface area contributed by atoms with Gasteiger partial charge in [0.15, 0.2) is 0 Å². The number of carbonyl (C=O) groups is 3. The molecule has 1 heterocycles. The van der Waals surface area contributed by atoms with Gasteiger partial charge in [-0.15, -0.1) is 0 Å². The van der Waals surface area contributed by atoms with Gasteiger partial charge in [0.05, 0.1) is 0 Å². The molecule has 94 valence electrons. The maximum Gasteiger partial charge on any atom is 0.312 e. The molecule has 2 amide bonds. The van der Waals surface area contributed by atoms with Crippen LogP contribution in [0.15, 0.2) is 0 Å². The third-order valence-electron chi connectivity index (χ3n) is 3.17. The highest BCUT2D eigenvalue weighted by Crippen LogP contribution is 2.31. The highest BCUT2D eigenvalue weighted by Gasteiger charge is 2.35. The largest absolute Gasteiger partial charge is 0.481 e. The van der Waals surface area contributed by atoms with E-state index in [1.807, 2.05) is 0 Å². The molecular weight excluding hydrogens is 224 g/mol. The van der Waals surface area contributed by atoms with Gasteiger partial charge >= 0.3 is 5.97 Å². The maximum atomic E-state index is 11.7. The molecule has 1 aliphatic carbocycles. The summed E-state index contributed by atoms with van der Waals surface area (Å²) in [4.78, 5) is 36.9. The summed E-state index contributed by atoms with van der Waals surface area (Å²) in [6, 6.07) is 0. The van der Waals surface area contributed by atoms with Crippen molar-refractivity contribution in [2.24, 2.45) is 5.92 Å². The molecule has 17 heavy (non-hydrogen) atoms. The number of rotatable bonds is 3. The zero-order valence-corrected chi connectivity index (χ0v) is 9.59. The summed E-state index contributed by atoms with van der Waals surface area (Å²) < 4.78 is 0. The van der Waals surface area contributed by atoms with Crippen molar-refractivity contribution in [3.63, 3.8) is 0 Å². The highest BCUT2D eigenvalue weighted by molar-refractivity contribution is 5.93. The van der Waals surface area contributed by atoms with Gasteiger partial charge in [-0.1, -0.05) is 0 Å². The fraction of sp³-hybridized carbons (Fsp3) is 0.727. The van der Waals surface area contributed by atoms with Gasteiger partial charge in [-0.05, 0) is 12.8 Å². The molecule has 1 aliphatic heterocycles. The zero-order valence-electron chi connectivity index (χ0n) is 9.59. The predicted octanol–water partition coefficient (Wildman–Crippen LogP) is -0.458. The SMILES string of the molecule is O=C(O)CC(=O)N1CCN(C(=O)C2CC2)CC1. The van der Waals surface area contributed by atoms with Gasteiger partial charge in [0.2, 0.25) is 11.8 Å². The number of nitrogens with zero attached hydrogens (tertiary/aromatic N) is 2. The fourth-order valence-corrected chi connectivity index (χ4v) is 2.01. The molecular formula is C11H16N2O4. The Morgan fingerprint density at radius 3 is 2.00 bits per heavy atom. The number of piperazine rings is 1. The summed E-state index contributed by atoms with van der Waals surface area (Å²) in [6.07, 6.45) is 1.50. The lowest BCUT2D eigenvalue weighted by atomic mass is 10.2. The Kier molecular flexibility index (Phi) is 3.31. The van der Waals surface area contributed by atoms with Gasteiger partial charge in [-0.25, -0.2) is 0 Å². The molecule has 2 aliphatic rings. The average Bonchev–Trinajstić information content (AvgIpc) is 3.11. The van der Waals surface area contributed by atoms with Gasteiger partial charge in [0.1, 0.15) is 6.42 Å². The van der Waals surface area contributed by atoms with Crippen molar-refractivity contribution in [1.82, 2.24) is 9.80 Å². The first-order valence-electron chi connectivity index (χ1n) is 5.86. The molecule has 1 N–H and O–H groups in total. The van der Waals surface area contributed by atoms with Crippen molar-refractivity contribution in [1.29, 1.82) is 0 Å². The van der Waals surface area contributed by atoms with Gasteiger partial charge < -0.3 is 14.9 Å². The molecule has 0 aromatic carbocycles. The van der Waals surface area contributed by atoms with Crippen LogP contribution in [0.1, 0.15) is 19.3 Å². The molecule has 0 atom stereocenters. The van der Waals surface area contributed by atoms with Crippen LogP contribution in [-0.4, -0.2) is 58.9 Å². The summed E-state index contributed by atoms with van der Waals surface area (Å²) in [5.41, 5.74) is 0. The van der Waals surface area contributed by atoms with Gasteiger partial charge in [0.25, 0.3) is 0 Å². The van der Waals surface area contributed by atoms with Gasteiger partial charge in [0, 0.05) is 32.1 Å². The molecule has 6 nitrogen and oxygen atoms in total. The molecule has 0 radical (unpaired) electrons. The quantitative estimate of drug-likeness (QED) is 0.677. The van der Waals surface area contributed by atoms with E-state index >= 15 is 0 Å². The summed E-state index contributed by atoms with van der Waals surface area (Å²) in [6.45, 7) is 1.95. The zero-order chi connectivity index (χ0) is 12.4. The number of hydrogen-bond acceptors (Lipinski definition) is 3. The van der Waals surface area contributed by atoms with Crippen LogP contribution in [-0.2, 0) is 14.4 Å². The monoisotopic (exact) mass is 240 g/mol. The summed E-state index contributed by atoms with van der Waals surface area (Å²) >= 11 is 0. The normalized spacial score (nSPS) is 20.2. The van der Waals surface area contributed by atoms with E-state index in [9.17, 15) is 14.4 Å². The number of carbonyl (C=O) groups excluding carboxylic acids is 2.